The molecule has 2 rings (SSSR count). The molecule has 6 heteroatoms. The first-order chi connectivity index (χ1) is 8.65. The number of rotatable bonds is 5. The molecule has 1 aliphatic heterocycles. The van der Waals surface area contributed by atoms with Crippen molar-refractivity contribution in [3.05, 3.63) is 17.5 Å². The smallest absolute Gasteiger partial charge is 0.358 e. The Bertz CT molecular complexity index is 399. The lowest BCUT2D eigenvalue weighted by atomic mass is 10.1. The predicted octanol–water partition coefficient (Wildman–Crippen LogP) is 1.37. The van der Waals surface area contributed by atoms with E-state index in [0.29, 0.717) is 12.3 Å². The van der Waals surface area contributed by atoms with Crippen LogP contribution in [0.4, 0.5) is 0 Å². The molecule has 0 radical (unpaired) electrons. The van der Waals surface area contributed by atoms with Gasteiger partial charge < -0.3 is 14.4 Å². The number of hydrogen-bond donors (Lipinski definition) is 1. The third-order valence-electron chi connectivity index (χ3n) is 2.99. The zero-order chi connectivity index (χ0) is 13.0. The summed E-state index contributed by atoms with van der Waals surface area (Å²) in [5.41, 5.74) is -0.0488. The molecule has 0 aromatic carbocycles. The summed E-state index contributed by atoms with van der Waals surface area (Å²) in [7, 11) is 1.96. The number of likely N-dealkylation sites (N-methyl/N-ethyl adjacent to an activating group) is 1. The summed E-state index contributed by atoms with van der Waals surface area (Å²) in [6.45, 7) is 2.20. The second-order valence-electron chi connectivity index (χ2n) is 4.67. The van der Waals surface area contributed by atoms with Crippen LogP contribution in [0, 0.1) is 0 Å². The van der Waals surface area contributed by atoms with E-state index in [1.165, 1.54) is 12.5 Å². The first-order valence-corrected chi connectivity index (χ1v) is 6.14. The van der Waals surface area contributed by atoms with Crippen LogP contribution in [0.1, 0.15) is 35.5 Å². The highest BCUT2D eigenvalue weighted by atomic mass is 16.5. The van der Waals surface area contributed by atoms with Gasteiger partial charge in [-0.25, -0.2) is 4.79 Å². The molecule has 1 aliphatic rings. The van der Waals surface area contributed by atoms with Gasteiger partial charge in [-0.3, -0.25) is 4.90 Å². The van der Waals surface area contributed by atoms with Crippen LogP contribution >= 0.6 is 0 Å². The molecular formula is C12H18N2O4. The Morgan fingerprint density at radius 2 is 2.44 bits per heavy atom. The van der Waals surface area contributed by atoms with Crippen LogP contribution in [0.3, 0.4) is 0 Å². The Kier molecular flexibility index (Phi) is 4.33. The average Bonchev–Trinajstić information content (AvgIpc) is 2.78. The van der Waals surface area contributed by atoms with Gasteiger partial charge in [-0.1, -0.05) is 5.16 Å². The average molecular weight is 254 g/mol. The van der Waals surface area contributed by atoms with Crippen LogP contribution in [-0.4, -0.2) is 47.4 Å². The van der Waals surface area contributed by atoms with Crippen molar-refractivity contribution >= 4 is 5.97 Å². The van der Waals surface area contributed by atoms with Gasteiger partial charge in [0.1, 0.15) is 0 Å². The number of ether oxygens (including phenoxy) is 1. The standard InChI is InChI=1S/C12H18N2O4/c1-14(7-9-4-2-3-5-17-9)8-10-6-11(12(15)16)13-18-10/h6,9H,2-5,7-8H2,1H3,(H,15,16). The van der Waals surface area contributed by atoms with Gasteiger partial charge >= 0.3 is 5.97 Å². The van der Waals surface area contributed by atoms with E-state index in [1.807, 2.05) is 7.05 Å². The fraction of sp³-hybridized carbons (Fsp3) is 0.667. The first-order valence-electron chi connectivity index (χ1n) is 6.14. The number of carboxylic acids is 1. The summed E-state index contributed by atoms with van der Waals surface area (Å²) in [6, 6.07) is 1.46. The van der Waals surface area contributed by atoms with Crippen LogP contribution in [0.2, 0.25) is 0 Å². The van der Waals surface area contributed by atoms with E-state index in [1.54, 1.807) is 0 Å². The van der Waals surface area contributed by atoms with E-state index < -0.39 is 5.97 Å². The second kappa shape index (κ2) is 5.97. The SMILES string of the molecule is CN(Cc1cc(C(=O)O)no1)CC1CCCCO1. The van der Waals surface area contributed by atoms with Gasteiger partial charge in [-0.05, 0) is 26.3 Å². The van der Waals surface area contributed by atoms with Crippen molar-refractivity contribution in [1.29, 1.82) is 0 Å². The molecule has 0 saturated carbocycles. The van der Waals surface area contributed by atoms with Crippen molar-refractivity contribution in [3.63, 3.8) is 0 Å². The minimum atomic E-state index is -1.07. The van der Waals surface area contributed by atoms with Crippen LogP contribution in [0.15, 0.2) is 10.6 Å². The van der Waals surface area contributed by atoms with Crippen molar-refractivity contribution in [1.82, 2.24) is 10.1 Å². The van der Waals surface area contributed by atoms with Gasteiger partial charge in [0, 0.05) is 19.2 Å². The molecule has 2 heterocycles. The van der Waals surface area contributed by atoms with E-state index in [9.17, 15) is 4.79 Å². The number of nitrogens with zero attached hydrogens (tertiary/aromatic N) is 2. The molecule has 0 aliphatic carbocycles. The Morgan fingerprint density at radius 1 is 1.61 bits per heavy atom. The second-order valence-corrected chi connectivity index (χ2v) is 4.67. The maximum atomic E-state index is 10.7. The highest BCUT2D eigenvalue weighted by Gasteiger charge is 2.17. The summed E-state index contributed by atoms with van der Waals surface area (Å²) < 4.78 is 10.6. The monoisotopic (exact) mass is 254 g/mol. The van der Waals surface area contributed by atoms with Crippen molar-refractivity contribution < 1.29 is 19.2 Å². The lowest BCUT2D eigenvalue weighted by Gasteiger charge is -2.26. The van der Waals surface area contributed by atoms with Crippen molar-refractivity contribution in [2.75, 3.05) is 20.2 Å². The van der Waals surface area contributed by atoms with E-state index >= 15 is 0 Å². The molecule has 1 fully saturated rings. The fourth-order valence-electron chi connectivity index (χ4n) is 2.12. The quantitative estimate of drug-likeness (QED) is 0.855. The van der Waals surface area contributed by atoms with Crippen LogP contribution in [-0.2, 0) is 11.3 Å². The molecular weight excluding hydrogens is 236 g/mol. The number of aromatic carboxylic acids is 1. The highest BCUT2D eigenvalue weighted by Crippen LogP contribution is 2.14. The molecule has 0 bridgehead atoms. The van der Waals surface area contributed by atoms with Gasteiger partial charge in [-0.2, -0.15) is 0 Å². The maximum Gasteiger partial charge on any atom is 0.358 e. The summed E-state index contributed by atoms with van der Waals surface area (Å²) >= 11 is 0. The molecule has 1 aromatic rings. The number of aromatic nitrogens is 1. The first kappa shape index (κ1) is 13.0. The largest absolute Gasteiger partial charge is 0.476 e. The van der Waals surface area contributed by atoms with Crippen molar-refractivity contribution in [3.8, 4) is 0 Å². The number of carbonyl (C=O) groups is 1. The maximum absolute atomic E-state index is 10.7. The molecule has 18 heavy (non-hydrogen) atoms. The van der Waals surface area contributed by atoms with E-state index in [2.05, 4.69) is 10.1 Å². The van der Waals surface area contributed by atoms with Crippen LogP contribution < -0.4 is 0 Å². The number of carboxylic acid groups (broad SMARTS) is 1. The Balaban J connectivity index is 1.82. The molecule has 1 N–H and O–H groups in total. The van der Waals surface area contributed by atoms with Crippen LogP contribution in [0.5, 0.6) is 0 Å². The van der Waals surface area contributed by atoms with Crippen molar-refractivity contribution in [2.24, 2.45) is 0 Å². The fourth-order valence-corrected chi connectivity index (χ4v) is 2.12. The summed E-state index contributed by atoms with van der Waals surface area (Å²) in [5, 5.41) is 12.2. The Hall–Kier alpha value is -1.40. The number of hydrogen-bond acceptors (Lipinski definition) is 5. The molecule has 0 spiro atoms. The lowest BCUT2D eigenvalue weighted by Crippen LogP contribution is -2.32. The molecule has 6 nitrogen and oxygen atoms in total. The zero-order valence-electron chi connectivity index (χ0n) is 10.5. The predicted molar refractivity (Wildman–Crippen MR) is 63.4 cm³/mol. The van der Waals surface area contributed by atoms with Gasteiger partial charge in [0.05, 0.1) is 12.6 Å². The molecule has 1 saturated heterocycles. The molecule has 1 aromatic heterocycles. The van der Waals surface area contributed by atoms with Gasteiger partial charge in [0.15, 0.2) is 11.5 Å². The summed E-state index contributed by atoms with van der Waals surface area (Å²) in [6.07, 6.45) is 3.71. The van der Waals surface area contributed by atoms with Gasteiger partial charge in [0.25, 0.3) is 0 Å². The topological polar surface area (TPSA) is 75.8 Å². The Labute approximate surface area is 106 Å². The summed E-state index contributed by atoms with van der Waals surface area (Å²) in [4.78, 5) is 12.7. The molecule has 100 valence electrons. The van der Waals surface area contributed by atoms with Crippen molar-refractivity contribution in [2.45, 2.75) is 31.9 Å². The van der Waals surface area contributed by atoms with Gasteiger partial charge in [0.2, 0.25) is 0 Å². The highest BCUT2D eigenvalue weighted by molar-refractivity contribution is 5.85. The van der Waals surface area contributed by atoms with E-state index in [-0.39, 0.29) is 11.8 Å². The zero-order valence-corrected chi connectivity index (χ0v) is 10.5. The minimum absolute atomic E-state index is 0.0488. The summed E-state index contributed by atoms with van der Waals surface area (Å²) in [5.74, 6) is -0.506. The molecule has 1 unspecified atom stereocenters. The third-order valence-corrected chi connectivity index (χ3v) is 2.99. The minimum Gasteiger partial charge on any atom is -0.476 e. The van der Waals surface area contributed by atoms with Gasteiger partial charge in [-0.15, -0.1) is 0 Å². The lowest BCUT2D eigenvalue weighted by molar-refractivity contribution is -0.00360. The van der Waals surface area contributed by atoms with E-state index in [0.717, 1.165) is 26.0 Å². The van der Waals surface area contributed by atoms with E-state index in [4.69, 9.17) is 14.4 Å². The third kappa shape index (κ3) is 3.54. The normalized spacial score (nSPS) is 20.2. The Morgan fingerprint density at radius 3 is 3.06 bits per heavy atom. The van der Waals surface area contributed by atoms with Crippen LogP contribution in [0.25, 0.3) is 0 Å². The molecule has 1 atom stereocenters. The molecule has 0 amide bonds.